The Morgan fingerprint density at radius 1 is 1.12 bits per heavy atom. The first-order valence-corrected chi connectivity index (χ1v) is 7.70. The van der Waals surface area contributed by atoms with Gasteiger partial charge in [-0.1, -0.05) is 36.4 Å². The Kier molecular flexibility index (Phi) is 4.99. The summed E-state index contributed by atoms with van der Waals surface area (Å²) < 4.78 is 15.8. The maximum atomic E-state index is 12.4. The van der Waals surface area contributed by atoms with Crippen LogP contribution in [-0.4, -0.2) is 25.5 Å². The van der Waals surface area contributed by atoms with Gasteiger partial charge in [-0.05, 0) is 18.2 Å². The number of carbonyl (C=O) groups is 2. The highest BCUT2D eigenvalue weighted by Gasteiger charge is 2.32. The lowest BCUT2D eigenvalue weighted by Crippen LogP contribution is -2.16. The van der Waals surface area contributed by atoms with Gasteiger partial charge in [0.05, 0.1) is 7.11 Å². The van der Waals surface area contributed by atoms with Crippen molar-refractivity contribution in [3.8, 4) is 5.75 Å². The van der Waals surface area contributed by atoms with Crippen LogP contribution in [0, 0.1) is 0 Å². The SMILES string of the molecule is COc1ccccc1COC(=O)C1=C(Nc2ccccc2)OCC1=O. The molecule has 0 aromatic heterocycles. The van der Waals surface area contributed by atoms with Crippen molar-refractivity contribution < 1.29 is 23.8 Å². The summed E-state index contributed by atoms with van der Waals surface area (Å²) in [6, 6.07) is 16.3. The van der Waals surface area contributed by atoms with Crippen LogP contribution >= 0.6 is 0 Å². The van der Waals surface area contributed by atoms with Gasteiger partial charge in [0.15, 0.2) is 12.2 Å². The third kappa shape index (κ3) is 3.80. The highest BCUT2D eigenvalue weighted by Crippen LogP contribution is 2.22. The van der Waals surface area contributed by atoms with Crippen molar-refractivity contribution in [1.29, 1.82) is 0 Å². The van der Waals surface area contributed by atoms with Crippen molar-refractivity contribution >= 4 is 17.4 Å². The monoisotopic (exact) mass is 339 g/mol. The fraction of sp³-hybridized carbons (Fsp3) is 0.158. The van der Waals surface area contributed by atoms with E-state index in [9.17, 15) is 9.59 Å². The van der Waals surface area contributed by atoms with E-state index in [4.69, 9.17) is 14.2 Å². The zero-order chi connectivity index (χ0) is 17.6. The van der Waals surface area contributed by atoms with Crippen LogP contribution in [-0.2, 0) is 25.7 Å². The molecule has 0 saturated heterocycles. The first kappa shape index (κ1) is 16.6. The Hall–Kier alpha value is -3.28. The van der Waals surface area contributed by atoms with E-state index in [0.717, 1.165) is 0 Å². The van der Waals surface area contributed by atoms with Crippen molar-refractivity contribution in [2.24, 2.45) is 0 Å². The van der Waals surface area contributed by atoms with Crippen molar-refractivity contribution in [1.82, 2.24) is 0 Å². The van der Waals surface area contributed by atoms with Gasteiger partial charge in [0.25, 0.3) is 0 Å². The maximum absolute atomic E-state index is 12.4. The highest BCUT2D eigenvalue weighted by molar-refractivity contribution is 6.19. The van der Waals surface area contributed by atoms with E-state index < -0.39 is 11.8 Å². The molecule has 0 aliphatic carbocycles. The lowest BCUT2D eigenvalue weighted by Gasteiger charge is -2.10. The quantitative estimate of drug-likeness (QED) is 0.644. The van der Waals surface area contributed by atoms with E-state index in [-0.39, 0.29) is 24.7 Å². The third-order valence-electron chi connectivity index (χ3n) is 3.64. The van der Waals surface area contributed by atoms with Gasteiger partial charge in [-0.3, -0.25) is 4.79 Å². The van der Waals surface area contributed by atoms with Crippen LogP contribution in [0.25, 0.3) is 0 Å². The predicted molar refractivity (Wildman–Crippen MR) is 90.8 cm³/mol. The second-order valence-corrected chi connectivity index (χ2v) is 5.29. The number of rotatable bonds is 6. The van der Waals surface area contributed by atoms with Crippen LogP contribution in [0.1, 0.15) is 5.56 Å². The molecule has 6 nitrogen and oxygen atoms in total. The molecular formula is C19H17NO5. The van der Waals surface area contributed by atoms with E-state index in [1.165, 1.54) is 0 Å². The van der Waals surface area contributed by atoms with Crippen molar-refractivity contribution in [3.63, 3.8) is 0 Å². The Morgan fingerprint density at radius 2 is 1.84 bits per heavy atom. The topological polar surface area (TPSA) is 73.9 Å². The Bertz CT molecular complexity index is 814. The normalized spacial score (nSPS) is 13.4. The smallest absolute Gasteiger partial charge is 0.347 e. The molecule has 128 valence electrons. The largest absolute Gasteiger partial charge is 0.496 e. The number of benzene rings is 2. The van der Waals surface area contributed by atoms with Crippen molar-refractivity contribution in [3.05, 3.63) is 71.6 Å². The van der Waals surface area contributed by atoms with Gasteiger partial charge in [-0.2, -0.15) is 0 Å². The molecule has 0 unspecified atom stereocenters. The summed E-state index contributed by atoms with van der Waals surface area (Å²) in [5.74, 6) is -0.419. The second kappa shape index (κ2) is 7.53. The lowest BCUT2D eigenvalue weighted by molar-refractivity contribution is -0.141. The standard InChI is InChI=1S/C19H17NO5/c1-23-16-10-6-5-7-13(16)11-25-19(22)17-15(21)12-24-18(17)20-14-8-3-2-4-9-14/h2-10,20H,11-12H2,1H3. The maximum Gasteiger partial charge on any atom is 0.347 e. The van der Waals surface area contributed by atoms with Gasteiger partial charge >= 0.3 is 5.97 Å². The average molecular weight is 339 g/mol. The number of anilines is 1. The highest BCUT2D eigenvalue weighted by atomic mass is 16.5. The van der Waals surface area contributed by atoms with Gasteiger partial charge in [-0.15, -0.1) is 0 Å². The summed E-state index contributed by atoms with van der Waals surface area (Å²) >= 11 is 0. The molecule has 0 spiro atoms. The summed E-state index contributed by atoms with van der Waals surface area (Å²) in [6.07, 6.45) is 0. The zero-order valence-electron chi connectivity index (χ0n) is 13.7. The number of esters is 1. The molecule has 0 amide bonds. The van der Waals surface area contributed by atoms with Gasteiger partial charge < -0.3 is 19.5 Å². The average Bonchev–Trinajstić information content (AvgIpc) is 3.01. The third-order valence-corrected chi connectivity index (χ3v) is 3.64. The number of para-hydroxylation sites is 2. The van der Waals surface area contributed by atoms with Gasteiger partial charge in [-0.25, -0.2) is 4.79 Å². The van der Waals surface area contributed by atoms with Gasteiger partial charge in [0.2, 0.25) is 11.7 Å². The van der Waals surface area contributed by atoms with Crippen LogP contribution in [0.3, 0.4) is 0 Å². The van der Waals surface area contributed by atoms with Crippen molar-refractivity contribution in [2.75, 3.05) is 19.0 Å². The minimum atomic E-state index is -0.730. The second-order valence-electron chi connectivity index (χ2n) is 5.29. The fourth-order valence-corrected chi connectivity index (χ4v) is 2.40. The molecule has 2 aromatic carbocycles. The van der Waals surface area contributed by atoms with Crippen LogP contribution in [0.2, 0.25) is 0 Å². The minimum Gasteiger partial charge on any atom is -0.496 e. The molecule has 0 saturated carbocycles. The molecule has 2 aromatic rings. The predicted octanol–water partition coefficient (Wildman–Crippen LogP) is 2.66. The summed E-state index contributed by atoms with van der Waals surface area (Å²) in [7, 11) is 1.54. The Balaban J connectivity index is 1.74. The van der Waals surface area contributed by atoms with E-state index in [1.807, 2.05) is 30.3 Å². The molecule has 0 bridgehead atoms. The number of ether oxygens (including phenoxy) is 3. The number of Topliss-reactive ketones (excluding diaryl/α,β-unsaturated/α-hetero) is 1. The van der Waals surface area contributed by atoms with E-state index in [2.05, 4.69) is 5.32 Å². The van der Waals surface area contributed by atoms with E-state index >= 15 is 0 Å². The number of methoxy groups -OCH3 is 1. The molecule has 1 aliphatic heterocycles. The number of hydrogen-bond donors (Lipinski definition) is 1. The number of carbonyl (C=O) groups excluding carboxylic acids is 2. The van der Waals surface area contributed by atoms with Crippen LogP contribution in [0.15, 0.2) is 66.1 Å². The molecular weight excluding hydrogens is 322 g/mol. The van der Waals surface area contributed by atoms with Gasteiger partial charge in [0, 0.05) is 11.3 Å². The lowest BCUT2D eigenvalue weighted by atomic mass is 10.2. The number of ketones is 1. The zero-order valence-corrected chi connectivity index (χ0v) is 13.7. The molecule has 6 heteroatoms. The number of nitrogens with one attached hydrogen (secondary N) is 1. The summed E-state index contributed by atoms with van der Waals surface area (Å²) in [5.41, 5.74) is 1.31. The summed E-state index contributed by atoms with van der Waals surface area (Å²) in [5, 5.41) is 2.93. The molecule has 25 heavy (non-hydrogen) atoms. The molecule has 0 radical (unpaired) electrons. The molecule has 3 rings (SSSR count). The number of hydrogen-bond acceptors (Lipinski definition) is 6. The molecule has 1 aliphatic rings. The summed E-state index contributed by atoms with van der Waals surface area (Å²) in [6.45, 7) is -0.188. The minimum absolute atomic E-state index is 0.00174. The molecule has 1 heterocycles. The van der Waals surface area contributed by atoms with Crippen LogP contribution in [0.4, 0.5) is 5.69 Å². The van der Waals surface area contributed by atoms with Gasteiger partial charge in [0.1, 0.15) is 12.4 Å². The van der Waals surface area contributed by atoms with Crippen molar-refractivity contribution in [2.45, 2.75) is 6.61 Å². The van der Waals surface area contributed by atoms with Crippen LogP contribution < -0.4 is 10.1 Å². The van der Waals surface area contributed by atoms with E-state index in [1.54, 1.807) is 31.4 Å². The first-order chi connectivity index (χ1) is 12.2. The molecule has 0 fully saturated rings. The van der Waals surface area contributed by atoms with E-state index in [0.29, 0.717) is 17.0 Å². The Morgan fingerprint density at radius 3 is 2.60 bits per heavy atom. The fourth-order valence-electron chi connectivity index (χ4n) is 2.40. The molecule has 0 atom stereocenters. The summed E-state index contributed by atoms with van der Waals surface area (Å²) in [4.78, 5) is 24.4. The Labute approximate surface area is 145 Å². The molecule has 1 N–H and O–H groups in total. The van der Waals surface area contributed by atoms with Crippen LogP contribution in [0.5, 0.6) is 5.75 Å². The first-order valence-electron chi connectivity index (χ1n) is 7.70.